The van der Waals surface area contributed by atoms with E-state index >= 15 is 0 Å². The van der Waals surface area contributed by atoms with Gasteiger partial charge in [0.15, 0.2) is 0 Å². The maximum Gasteiger partial charge on any atom is 0.122 e. The van der Waals surface area contributed by atoms with Crippen molar-refractivity contribution >= 4 is 13.3 Å². The molecule has 0 aliphatic heterocycles. The highest BCUT2D eigenvalue weighted by Crippen LogP contribution is 2.44. The van der Waals surface area contributed by atoms with E-state index in [2.05, 4.69) is 85.8 Å². The molecule has 2 rings (SSSR count). The first-order valence-corrected chi connectivity index (χ1v) is 12.4. The third-order valence-corrected chi connectivity index (χ3v) is 12.0. The predicted molar refractivity (Wildman–Crippen MR) is 114 cm³/mol. The number of allylic oxidation sites excluding steroid dienone is 4. The molecular weight excluding hydrogens is 320 g/mol. The fourth-order valence-electron chi connectivity index (χ4n) is 3.59. The van der Waals surface area contributed by atoms with Gasteiger partial charge in [-0.05, 0) is 30.5 Å². The summed E-state index contributed by atoms with van der Waals surface area (Å²) in [4.78, 5) is 0. The van der Waals surface area contributed by atoms with Crippen molar-refractivity contribution < 1.29 is 4.74 Å². The van der Waals surface area contributed by atoms with E-state index in [-0.39, 0.29) is 10.5 Å². The van der Waals surface area contributed by atoms with Gasteiger partial charge in [0.05, 0.1) is 15.2 Å². The molecule has 0 heterocycles. The summed E-state index contributed by atoms with van der Waals surface area (Å²) in [6.07, 6.45) is 5.64. The maximum absolute atomic E-state index is 6.08. The SMILES string of the molecule is COc1c(C(C)(C)C2=CC=C(C)C2)cc(C)cc1[Si](C)(C)C(C)(C)C. The monoisotopic (exact) mass is 356 g/mol. The van der Waals surface area contributed by atoms with Crippen LogP contribution in [0.5, 0.6) is 5.75 Å². The highest BCUT2D eigenvalue weighted by molar-refractivity contribution is 6.92. The molecule has 1 aromatic carbocycles. The lowest BCUT2D eigenvalue weighted by atomic mass is 9.75. The van der Waals surface area contributed by atoms with Gasteiger partial charge in [-0.3, -0.25) is 0 Å². The molecule has 0 radical (unpaired) electrons. The molecule has 25 heavy (non-hydrogen) atoms. The number of rotatable bonds is 4. The molecule has 0 N–H and O–H groups in total. The molecule has 0 amide bonds. The molecule has 1 aromatic rings. The summed E-state index contributed by atoms with van der Waals surface area (Å²) in [7, 11) is 0.142. The smallest absolute Gasteiger partial charge is 0.122 e. The van der Waals surface area contributed by atoms with Gasteiger partial charge < -0.3 is 4.74 Å². The van der Waals surface area contributed by atoms with Gasteiger partial charge in [0, 0.05) is 11.0 Å². The molecule has 1 aliphatic rings. The first-order chi connectivity index (χ1) is 11.3. The fourth-order valence-corrected chi connectivity index (χ4v) is 5.79. The molecule has 1 aliphatic carbocycles. The standard InChI is InChI=1S/C23H36OSi/c1-16-11-12-18(13-16)23(6,7)19-14-17(2)15-20(21(19)24-8)25(9,10)22(3,4)5/h11-12,14-15H,13H2,1-10H3. The normalized spacial score (nSPS) is 15.9. The molecule has 0 saturated carbocycles. The van der Waals surface area contributed by atoms with E-state index < -0.39 is 8.07 Å². The molecule has 138 valence electrons. The Kier molecular flexibility index (Phi) is 5.18. The minimum Gasteiger partial charge on any atom is -0.497 e. The molecule has 0 spiro atoms. The van der Waals surface area contributed by atoms with E-state index in [4.69, 9.17) is 4.74 Å². The first-order valence-electron chi connectivity index (χ1n) is 9.38. The Labute approximate surface area is 156 Å². The Balaban J connectivity index is 2.69. The number of benzene rings is 1. The molecule has 0 atom stereocenters. The summed E-state index contributed by atoms with van der Waals surface area (Å²) in [6, 6.07) is 4.71. The second-order valence-electron chi connectivity index (χ2n) is 9.77. The Bertz CT molecular complexity index is 727. The van der Waals surface area contributed by atoms with Crippen molar-refractivity contribution in [3.63, 3.8) is 0 Å². The zero-order valence-corrected chi connectivity index (χ0v) is 18.9. The summed E-state index contributed by atoms with van der Waals surface area (Å²) in [6.45, 7) is 21.2. The molecular formula is C23H36OSi. The van der Waals surface area contributed by atoms with Crippen LogP contribution in [0.3, 0.4) is 0 Å². The summed E-state index contributed by atoms with van der Waals surface area (Å²) >= 11 is 0. The van der Waals surface area contributed by atoms with Crippen molar-refractivity contribution in [2.75, 3.05) is 7.11 Å². The van der Waals surface area contributed by atoms with Gasteiger partial charge in [0.25, 0.3) is 0 Å². The second kappa shape index (κ2) is 6.46. The van der Waals surface area contributed by atoms with Gasteiger partial charge in [-0.2, -0.15) is 0 Å². The highest BCUT2D eigenvalue weighted by atomic mass is 28.3. The van der Waals surface area contributed by atoms with Crippen LogP contribution < -0.4 is 9.92 Å². The van der Waals surface area contributed by atoms with Gasteiger partial charge in [0.1, 0.15) is 5.75 Å². The van der Waals surface area contributed by atoms with Gasteiger partial charge in [-0.15, -0.1) is 0 Å². The zero-order chi connectivity index (χ0) is 19.2. The quantitative estimate of drug-likeness (QED) is 0.577. The lowest BCUT2D eigenvalue weighted by Gasteiger charge is -2.40. The van der Waals surface area contributed by atoms with Crippen molar-refractivity contribution in [1.29, 1.82) is 0 Å². The van der Waals surface area contributed by atoms with Gasteiger partial charge in [0.2, 0.25) is 0 Å². The topological polar surface area (TPSA) is 9.23 Å². The number of aryl methyl sites for hydroxylation is 1. The molecule has 0 aromatic heterocycles. The Morgan fingerprint density at radius 1 is 0.960 bits per heavy atom. The van der Waals surface area contributed by atoms with Crippen LogP contribution in [0.1, 0.15) is 59.1 Å². The van der Waals surface area contributed by atoms with Gasteiger partial charge in [-0.1, -0.05) is 88.7 Å². The molecule has 2 heteroatoms. The average Bonchev–Trinajstić information content (AvgIpc) is 2.92. The van der Waals surface area contributed by atoms with E-state index in [1.807, 2.05) is 7.11 Å². The molecule has 1 nitrogen and oxygen atoms in total. The van der Waals surface area contributed by atoms with Crippen LogP contribution in [0.25, 0.3) is 0 Å². The van der Waals surface area contributed by atoms with E-state index in [1.54, 1.807) is 0 Å². The molecule has 0 bridgehead atoms. The van der Waals surface area contributed by atoms with Crippen molar-refractivity contribution in [1.82, 2.24) is 0 Å². The zero-order valence-electron chi connectivity index (χ0n) is 17.9. The molecule has 0 saturated heterocycles. The first kappa shape index (κ1) is 20.0. The highest BCUT2D eigenvalue weighted by Gasteiger charge is 2.41. The number of hydrogen-bond donors (Lipinski definition) is 0. The van der Waals surface area contributed by atoms with Crippen LogP contribution in [0.4, 0.5) is 0 Å². The third kappa shape index (κ3) is 3.51. The Morgan fingerprint density at radius 2 is 1.56 bits per heavy atom. The van der Waals surface area contributed by atoms with Crippen molar-refractivity contribution in [3.8, 4) is 5.75 Å². The lowest BCUT2D eigenvalue weighted by Crippen LogP contribution is -2.50. The lowest BCUT2D eigenvalue weighted by molar-refractivity contribution is 0.402. The fraction of sp³-hybridized carbons (Fsp3) is 0.565. The van der Waals surface area contributed by atoms with Crippen LogP contribution >= 0.6 is 0 Å². The van der Waals surface area contributed by atoms with Crippen LogP contribution in [-0.2, 0) is 5.41 Å². The number of hydrogen-bond acceptors (Lipinski definition) is 1. The summed E-state index contributed by atoms with van der Waals surface area (Å²) < 4.78 is 6.08. The van der Waals surface area contributed by atoms with Crippen LogP contribution in [0.15, 0.2) is 35.4 Å². The minimum atomic E-state index is -1.70. The minimum absolute atomic E-state index is 0.0251. The van der Waals surface area contributed by atoms with E-state index in [9.17, 15) is 0 Å². The maximum atomic E-state index is 6.08. The molecule has 0 fully saturated rings. The summed E-state index contributed by atoms with van der Waals surface area (Å²) in [5.74, 6) is 1.12. The van der Waals surface area contributed by atoms with Crippen molar-refractivity contribution in [2.45, 2.75) is 78.4 Å². The number of ether oxygens (including phenoxy) is 1. The van der Waals surface area contributed by atoms with Crippen LogP contribution in [-0.4, -0.2) is 15.2 Å². The second-order valence-corrected chi connectivity index (χ2v) is 15.1. The average molecular weight is 357 g/mol. The van der Waals surface area contributed by atoms with E-state index in [0.29, 0.717) is 0 Å². The predicted octanol–water partition coefficient (Wildman–Crippen LogP) is 6.27. The van der Waals surface area contributed by atoms with E-state index in [0.717, 1.165) is 12.2 Å². The van der Waals surface area contributed by atoms with Crippen molar-refractivity contribution in [3.05, 3.63) is 46.6 Å². The van der Waals surface area contributed by atoms with E-state index in [1.165, 1.54) is 27.5 Å². The summed E-state index contributed by atoms with van der Waals surface area (Å²) in [5, 5.41) is 1.73. The van der Waals surface area contributed by atoms with Crippen molar-refractivity contribution in [2.24, 2.45) is 0 Å². The van der Waals surface area contributed by atoms with Gasteiger partial charge >= 0.3 is 0 Å². The summed E-state index contributed by atoms with van der Waals surface area (Å²) in [5.41, 5.74) is 5.58. The number of methoxy groups -OCH3 is 1. The third-order valence-electron chi connectivity index (χ3n) is 6.50. The Hall–Kier alpha value is -1.28. The van der Waals surface area contributed by atoms with Crippen LogP contribution in [0, 0.1) is 6.92 Å². The molecule has 0 unspecified atom stereocenters. The largest absolute Gasteiger partial charge is 0.497 e. The van der Waals surface area contributed by atoms with Crippen LogP contribution in [0.2, 0.25) is 18.1 Å². The van der Waals surface area contributed by atoms with Gasteiger partial charge in [-0.25, -0.2) is 0 Å². The Morgan fingerprint density at radius 3 is 2.00 bits per heavy atom.